The van der Waals surface area contributed by atoms with Crippen LogP contribution in [0.1, 0.15) is 27.0 Å². The van der Waals surface area contributed by atoms with Gasteiger partial charge in [0.15, 0.2) is 0 Å². The fraction of sp³-hybridized carbons (Fsp3) is 0.267. The number of benzene rings is 1. The van der Waals surface area contributed by atoms with Crippen molar-refractivity contribution in [3.8, 4) is 11.5 Å². The van der Waals surface area contributed by atoms with E-state index < -0.39 is 0 Å². The molecule has 3 nitrogen and oxygen atoms in total. The van der Waals surface area contributed by atoms with Crippen molar-refractivity contribution in [3.05, 3.63) is 45.6 Å². The van der Waals surface area contributed by atoms with Crippen molar-refractivity contribution in [3.63, 3.8) is 0 Å². The van der Waals surface area contributed by atoms with Gasteiger partial charge in [-0.25, -0.2) is 0 Å². The van der Waals surface area contributed by atoms with E-state index in [0.717, 1.165) is 11.3 Å². The predicted molar refractivity (Wildman–Crippen MR) is 76.7 cm³/mol. The Balaban J connectivity index is 2.37. The van der Waals surface area contributed by atoms with E-state index >= 15 is 0 Å². The highest BCUT2D eigenvalue weighted by Gasteiger charge is 2.16. The molecule has 1 aromatic heterocycles. The number of ether oxygens (including phenoxy) is 2. The van der Waals surface area contributed by atoms with E-state index in [4.69, 9.17) is 9.47 Å². The molecular weight excluding hydrogens is 260 g/mol. The highest BCUT2D eigenvalue weighted by Crippen LogP contribution is 2.28. The molecule has 0 spiro atoms. The van der Waals surface area contributed by atoms with Crippen LogP contribution in [0.4, 0.5) is 0 Å². The Morgan fingerprint density at radius 3 is 2.53 bits per heavy atom. The number of methoxy groups -OCH3 is 2. The SMILES string of the molecule is CCc1ccc(C(=O)c2ccc(OC)cc2OC)s1. The Labute approximate surface area is 116 Å². The van der Waals surface area contributed by atoms with Gasteiger partial charge in [0.05, 0.1) is 24.7 Å². The second kappa shape index (κ2) is 5.89. The quantitative estimate of drug-likeness (QED) is 0.783. The summed E-state index contributed by atoms with van der Waals surface area (Å²) in [6.07, 6.45) is 0.942. The minimum Gasteiger partial charge on any atom is -0.497 e. The van der Waals surface area contributed by atoms with Gasteiger partial charge in [0.2, 0.25) is 5.78 Å². The maximum atomic E-state index is 12.4. The van der Waals surface area contributed by atoms with Gasteiger partial charge in [0.1, 0.15) is 11.5 Å². The number of thiophene rings is 1. The molecular formula is C15H16O3S. The molecule has 0 aliphatic rings. The molecule has 1 aromatic carbocycles. The average molecular weight is 276 g/mol. The Bertz CT molecular complexity index is 587. The minimum absolute atomic E-state index is 0.01000. The van der Waals surface area contributed by atoms with Gasteiger partial charge in [0, 0.05) is 10.9 Å². The van der Waals surface area contributed by atoms with Gasteiger partial charge in [-0.3, -0.25) is 4.79 Å². The monoisotopic (exact) mass is 276 g/mol. The van der Waals surface area contributed by atoms with Crippen molar-refractivity contribution in [2.75, 3.05) is 14.2 Å². The van der Waals surface area contributed by atoms with E-state index in [0.29, 0.717) is 17.1 Å². The molecule has 0 atom stereocenters. The first-order chi connectivity index (χ1) is 9.19. The van der Waals surface area contributed by atoms with E-state index in [9.17, 15) is 4.79 Å². The van der Waals surface area contributed by atoms with E-state index in [-0.39, 0.29) is 5.78 Å². The van der Waals surface area contributed by atoms with Gasteiger partial charge >= 0.3 is 0 Å². The van der Waals surface area contributed by atoms with Gasteiger partial charge < -0.3 is 9.47 Å². The van der Waals surface area contributed by atoms with Gasteiger partial charge in [-0.05, 0) is 30.7 Å². The first-order valence-electron chi connectivity index (χ1n) is 6.05. The number of hydrogen-bond donors (Lipinski definition) is 0. The normalized spacial score (nSPS) is 10.3. The summed E-state index contributed by atoms with van der Waals surface area (Å²) < 4.78 is 10.4. The lowest BCUT2D eigenvalue weighted by atomic mass is 10.1. The smallest absolute Gasteiger partial charge is 0.206 e. The number of ketones is 1. The summed E-state index contributed by atoms with van der Waals surface area (Å²) in [5.74, 6) is 1.20. The summed E-state index contributed by atoms with van der Waals surface area (Å²) in [5, 5.41) is 0. The van der Waals surface area contributed by atoms with Crippen molar-refractivity contribution >= 4 is 17.1 Å². The van der Waals surface area contributed by atoms with Crippen molar-refractivity contribution in [1.29, 1.82) is 0 Å². The van der Waals surface area contributed by atoms with Crippen LogP contribution in [0, 0.1) is 0 Å². The molecule has 0 N–H and O–H groups in total. The Hall–Kier alpha value is -1.81. The Morgan fingerprint density at radius 2 is 1.95 bits per heavy atom. The average Bonchev–Trinajstić information content (AvgIpc) is 2.94. The zero-order valence-corrected chi connectivity index (χ0v) is 12.0. The van der Waals surface area contributed by atoms with Crippen LogP contribution in [0.25, 0.3) is 0 Å². The van der Waals surface area contributed by atoms with Gasteiger partial charge in [0.25, 0.3) is 0 Å². The highest BCUT2D eigenvalue weighted by molar-refractivity contribution is 7.14. The first-order valence-corrected chi connectivity index (χ1v) is 6.86. The lowest BCUT2D eigenvalue weighted by Crippen LogP contribution is -2.02. The largest absolute Gasteiger partial charge is 0.497 e. The summed E-state index contributed by atoms with van der Waals surface area (Å²) in [7, 11) is 3.14. The lowest BCUT2D eigenvalue weighted by Gasteiger charge is -2.08. The fourth-order valence-corrected chi connectivity index (χ4v) is 2.71. The van der Waals surface area contributed by atoms with Crippen LogP contribution in [-0.2, 0) is 6.42 Å². The number of rotatable bonds is 5. The molecule has 19 heavy (non-hydrogen) atoms. The van der Waals surface area contributed by atoms with Crippen molar-refractivity contribution in [1.82, 2.24) is 0 Å². The topological polar surface area (TPSA) is 35.5 Å². The first kappa shape index (κ1) is 13.6. The van der Waals surface area contributed by atoms with Crippen molar-refractivity contribution < 1.29 is 14.3 Å². The molecule has 0 saturated heterocycles. The third-order valence-corrected chi connectivity index (χ3v) is 4.12. The highest BCUT2D eigenvalue weighted by atomic mass is 32.1. The van der Waals surface area contributed by atoms with Gasteiger partial charge in [-0.2, -0.15) is 0 Å². The molecule has 1 heterocycles. The molecule has 0 aliphatic heterocycles. The molecule has 0 amide bonds. The zero-order valence-electron chi connectivity index (χ0n) is 11.2. The van der Waals surface area contributed by atoms with Crippen LogP contribution < -0.4 is 9.47 Å². The number of carbonyl (C=O) groups excluding carboxylic acids is 1. The maximum Gasteiger partial charge on any atom is 0.206 e. The molecule has 2 aromatic rings. The summed E-state index contributed by atoms with van der Waals surface area (Å²) >= 11 is 1.53. The number of aryl methyl sites for hydroxylation is 1. The van der Waals surface area contributed by atoms with Crippen LogP contribution in [0.5, 0.6) is 11.5 Å². The van der Waals surface area contributed by atoms with Crippen LogP contribution >= 0.6 is 11.3 Å². The fourth-order valence-electron chi connectivity index (χ4n) is 1.81. The van der Waals surface area contributed by atoms with Crippen LogP contribution in [0.15, 0.2) is 30.3 Å². The zero-order chi connectivity index (χ0) is 13.8. The molecule has 4 heteroatoms. The summed E-state index contributed by atoms with van der Waals surface area (Å²) in [6, 6.07) is 9.10. The maximum absolute atomic E-state index is 12.4. The lowest BCUT2D eigenvalue weighted by molar-refractivity contribution is 0.103. The Kier molecular flexibility index (Phi) is 4.22. The van der Waals surface area contributed by atoms with Gasteiger partial charge in [-0.15, -0.1) is 11.3 Å². The second-order valence-electron chi connectivity index (χ2n) is 4.01. The van der Waals surface area contributed by atoms with Crippen LogP contribution in [-0.4, -0.2) is 20.0 Å². The summed E-state index contributed by atoms with van der Waals surface area (Å²) in [6.45, 7) is 2.08. The van der Waals surface area contributed by atoms with E-state index in [1.165, 1.54) is 16.2 Å². The third kappa shape index (κ3) is 2.79. The van der Waals surface area contributed by atoms with Crippen LogP contribution in [0.2, 0.25) is 0 Å². The standard InChI is InChI=1S/C15H16O3S/c1-4-11-6-8-14(19-11)15(16)12-7-5-10(17-2)9-13(12)18-3/h5-9H,4H2,1-3H3. The second-order valence-corrected chi connectivity index (χ2v) is 5.18. The molecule has 0 bridgehead atoms. The molecule has 0 saturated carbocycles. The third-order valence-electron chi connectivity index (χ3n) is 2.89. The minimum atomic E-state index is -0.01000. The van der Waals surface area contributed by atoms with Crippen molar-refractivity contribution in [2.45, 2.75) is 13.3 Å². The molecule has 2 rings (SSSR count). The molecule has 100 valence electrons. The van der Waals surface area contributed by atoms with Crippen LogP contribution in [0.3, 0.4) is 0 Å². The summed E-state index contributed by atoms with van der Waals surface area (Å²) in [5.41, 5.74) is 0.563. The Morgan fingerprint density at radius 1 is 1.16 bits per heavy atom. The van der Waals surface area contributed by atoms with E-state index in [2.05, 4.69) is 6.92 Å². The van der Waals surface area contributed by atoms with E-state index in [1.807, 2.05) is 12.1 Å². The molecule has 0 aliphatic carbocycles. The van der Waals surface area contributed by atoms with Gasteiger partial charge in [-0.1, -0.05) is 6.92 Å². The van der Waals surface area contributed by atoms with E-state index in [1.54, 1.807) is 32.4 Å². The molecule has 0 fully saturated rings. The van der Waals surface area contributed by atoms with Crippen molar-refractivity contribution in [2.24, 2.45) is 0 Å². The number of carbonyl (C=O) groups is 1. The number of hydrogen-bond acceptors (Lipinski definition) is 4. The molecule has 0 unspecified atom stereocenters. The molecule has 0 radical (unpaired) electrons. The predicted octanol–water partition coefficient (Wildman–Crippen LogP) is 3.56. The summed E-state index contributed by atoms with van der Waals surface area (Å²) in [4.78, 5) is 14.4.